The largest absolute Gasteiger partial charge is 0.328 e. The highest BCUT2D eigenvalue weighted by atomic mass is 32.2. The predicted octanol–water partition coefficient (Wildman–Crippen LogP) is 5.50. The molecule has 6 nitrogen and oxygen atoms in total. The summed E-state index contributed by atoms with van der Waals surface area (Å²) >= 11 is 1.59. The Morgan fingerprint density at radius 1 is 1.12 bits per heavy atom. The highest BCUT2D eigenvalue weighted by molar-refractivity contribution is 7.99. The molecule has 32 heavy (non-hydrogen) atoms. The van der Waals surface area contributed by atoms with Crippen LogP contribution < -0.4 is 10.6 Å². The fourth-order valence-corrected chi connectivity index (χ4v) is 4.49. The Bertz CT molecular complexity index is 1180. The van der Waals surface area contributed by atoms with E-state index in [2.05, 4.69) is 53.7 Å². The van der Waals surface area contributed by atoms with Crippen LogP contribution in [0.3, 0.4) is 0 Å². The van der Waals surface area contributed by atoms with E-state index in [1.807, 2.05) is 43.7 Å². The molecular formula is C25H29N5OS. The summed E-state index contributed by atoms with van der Waals surface area (Å²) in [6.45, 7) is 10.2. The number of hydrogen-bond acceptors (Lipinski definition) is 5. The number of carbonyl (C=O) groups excluding carboxylic acids is 1. The third-order valence-corrected chi connectivity index (χ3v) is 6.63. The molecule has 2 heterocycles. The Balaban J connectivity index is 1.78. The fraction of sp³-hybridized carbons (Fsp3) is 0.320. The lowest BCUT2D eigenvalue weighted by molar-refractivity contribution is -0.113. The third-order valence-electron chi connectivity index (χ3n) is 5.91. The monoisotopic (exact) mass is 447 g/mol. The molecule has 3 aromatic rings. The minimum Gasteiger partial charge on any atom is -0.328 e. The van der Waals surface area contributed by atoms with E-state index in [1.165, 1.54) is 5.56 Å². The summed E-state index contributed by atoms with van der Waals surface area (Å²) in [6.07, 6.45) is 0.965. The van der Waals surface area contributed by atoms with Gasteiger partial charge in [0, 0.05) is 11.4 Å². The molecule has 1 amide bonds. The van der Waals surface area contributed by atoms with Crippen LogP contribution >= 0.6 is 11.8 Å². The topological polar surface area (TPSA) is 71.8 Å². The fourth-order valence-electron chi connectivity index (χ4n) is 3.94. The van der Waals surface area contributed by atoms with E-state index in [-0.39, 0.29) is 11.9 Å². The van der Waals surface area contributed by atoms with E-state index in [0.717, 1.165) is 40.2 Å². The van der Waals surface area contributed by atoms with Gasteiger partial charge in [0.15, 0.2) is 0 Å². The summed E-state index contributed by atoms with van der Waals surface area (Å²) < 4.78 is 1.84. The summed E-state index contributed by atoms with van der Waals surface area (Å²) in [5.41, 5.74) is 6.71. The van der Waals surface area contributed by atoms with Gasteiger partial charge in [-0.05, 0) is 61.3 Å². The molecule has 0 saturated heterocycles. The first-order valence-corrected chi connectivity index (χ1v) is 11.9. The van der Waals surface area contributed by atoms with E-state index >= 15 is 0 Å². The van der Waals surface area contributed by atoms with Crippen molar-refractivity contribution in [3.05, 3.63) is 76.0 Å². The van der Waals surface area contributed by atoms with Crippen LogP contribution in [0.4, 0.5) is 11.6 Å². The summed E-state index contributed by atoms with van der Waals surface area (Å²) in [7, 11) is 0. The number of nitrogens with zero attached hydrogens (tertiary/aromatic N) is 3. The predicted molar refractivity (Wildman–Crippen MR) is 131 cm³/mol. The molecule has 1 aliphatic heterocycles. The first kappa shape index (κ1) is 22.1. The van der Waals surface area contributed by atoms with Crippen molar-refractivity contribution in [3.63, 3.8) is 0 Å². The molecule has 0 aliphatic carbocycles. The number of aryl methyl sites for hydroxylation is 2. The van der Waals surface area contributed by atoms with Crippen molar-refractivity contribution in [1.82, 2.24) is 14.8 Å². The average Bonchev–Trinajstić information content (AvgIpc) is 3.18. The number of allylic oxidation sites excluding steroid dienone is 1. The number of anilines is 2. The molecule has 0 radical (unpaired) electrons. The van der Waals surface area contributed by atoms with Crippen molar-refractivity contribution < 1.29 is 4.79 Å². The zero-order valence-electron chi connectivity index (χ0n) is 19.2. The van der Waals surface area contributed by atoms with Crippen molar-refractivity contribution in [3.8, 4) is 0 Å². The van der Waals surface area contributed by atoms with E-state index in [1.54, 1.807) is 11.8 Å². The molecular weight excluding hydrogens is 418 g/mol. The minimum atomic E-state index is -0.360. The molecule has 4 rings (SSSR count). The Morgan fingerprint density at radius 3 is 2.56 bits per heavy atom. The van der Waals surface area contributed by atoms with E-state index in [4.69, 9.17) is 5.10 Å². The van der Waals surface area contributed by atoms with Gasteiger partial charge in [-0.15, -0.1) is 5.10 Å². The van der Waals surface area contributed by atoms with Crippen molar-refractivity contribution >= 4 is 29.3 Å². The van der Waals surface area contributed by atoms with Crippen LogP contribution in [-0.4, -0.2) is 26.4 Å². The standard InChI is InChI=1S/C25H29N5OS/c1-6-18-11-13-19(14-12-18)22-21(23(31)27-20-10-8-9-15(3)16(20)4)17(5)26-24-28-25(32-7-2)29-30(22)24/h8-14,22H,6-7H2,1-5H3,(H,27,31)(H,26,28,29). The maximum atomic E-state index is 13.6. The van der Waals surface area contributed by atoms with Gasteiger partial charge in [0.2, 0.25) is 11.1 Å². The molecule has 1 aromatic heterocycles. The SMILES string of the molecule is CCSc1nc2n(n1)C(c1ccc(CC)cc1)C(C(=O)Nc1cccc(C)c1C)=C(C)N2. The van der Waals surface area contributed by atoms with Crippen molar-refractivity contribution in [2.24, 2.45) is 0 Å². The maximum absolute atomic E-state index is 13.6. The summed E-state index contributed by atoms with van der Waals surface area (Å²) in [5.74, 6) is 1.40. The van der Waals surface area contributed by atoms with E-state index in [0.29, 0.717) is 16.7 Å². The Hall–Kier alpha value is -3.06. The quantitative estimate of drug-likeness (QED) is 0.489. The summed E-state index contributed by atoms with van der Waals surface area (Å²) in [6, 6.07) is 14.0. The number of fused-ring (bicyclic) bond motifs is 1. The van der Waals surface area contributed by atoms with Crippen LogP contribution in [-0.2, 0) is 11.2 Å². The first-order valence-electron chi connectivity index (χ1n) is 11.0. The number of hydrogen-bond donors (Lipinski definition) is 2. The molecule has 166 valence electrons. The van der Waals surface area contributed by atoms with Gasteiger partial charge in [0.1, 0.15) is 6.04 Å². The molecule has 0 bridgehead atoms. The lowest BCUT2D eigenvalue weighted by atomic mass is 9.94. The lowest BCUT2D eigenvalue weighted by Gasteiger charge is -2.29. The highest BCUT2D eigenvalue weighted by Gasteiger charge is 2.34. The second-order valence-corrected chi connectivity index (χ2v) is 9.19. The second kappa shape index (κ2) is 9.20. The van der Waals surface area contributed by atoms with Gasteiger partial charge in [0.05, 0.1) is 5.57 Å². The number of nitrogens with one attached hydrogen (secondary N) is 2. The van der Waals surface area contributed by atoms with Crippen molar-refractivity contribution in [2.75, 3.05) is 16.4 Å². The molecule has 2 aromatic carbocycles. The maximum Gasteiger partial charge on any atom is 0.255 e. The zero-order chi connectivity index (χ0) is 22.8. The van der Waals surface area contributed by atoms with Crippen molar-refractivity contribution in [2.45, 2.75) is 52.2 Å². The van der Waals surface area contributed by atoms with E-state index < -0.39 is 0 Å². The molecule has 0 fully saturated rings. The summed E-state index contributed by atoms with van der Waals surface area (Å²) in [5, 5.41) is 11.9. The van der Waals surface area contributed by atoms with Gasteiger partial charge in [-0.25, -0.2) is 4.68 Å². The first-order chi connectivity index (χ1) is 15.4. The van der Waals surface area contributed by atoms with Gasteiger partial charge >= 0.3 is 0 Å². The number of thioether (sulfide) groups is 1. The molecule has 1 atom stereocenters. The summed E-state index contributed by atoms with van der Waals surface area (Å²) in [4.78, 5) is 18.3. The second-order valence-electron chi connectivity index (χ2n) is 7.96. The molecule has 1 unspecified atom stereocenters. The van der Waals surface area contributed by atoms with Gasteiger partial charge in [-0.3, -0.25) is 4.79 Å². The lowest BCUT2D eigenvalue weighted by Crippen LogP contribution is -2.31. The number of amides is 1. The van der Waals surface area contributed by atoms with Crippen LogP contribution in [0.5, 0.6) is 0 Å². The van der Waals surface area contributed by atoms with Gasteiger partial charge in [-0.1, -0.05) is 62.0 Å². The number of rotatable bonds is 6. The van der Waals surface area contributed by atoms with Crippen molar-refractivity contribution in [1.29, 1.82) is 0 Å². The molecule has 7 heteroatoms. The molecule has 0 saturated carbocycles. The normalized spacial score (nSPS) is 15.3. The van der Waals surface area contributed by atoms with Crippen LogP contribution in [0.1, 0.15) is 49.1 Å². The Kier molecular flexibility index (Phi) is 6.37. The average molecular weight is 448 g/mol. The number of aromatic nitrogens is 3. The number of benzene rings is 2. The van der Waals surface area contributed by atoms with Gasteiger partial charge < -0.3 is 10.6 Å². The Labute approximate surface area is 193 Å². The minimum absolute atomic E-state index is 0.140. The zero-order valence-corrected chi connectivity index (χ0v) is 20.0. The van der Waals surface area contributed by atoms with Crippen LogP contribution in [0, 0.1) is 13.8 Å². The van der Waals surface area contributed by atoms with E-state index in [9.17, 15) is 4.79 Å². The number of carbonyl (C=O) groups is 1. The molecule has 2 N–H and O–H groups in total. The smallest absolute Gasteiger partial charge is 0.255 e. The van der Waals surface area contributed by atoms with Crippen LogP contribution in [0.2, 0.25) is 0 Å². The van der Waals surface area contributed by atoms with Crippen LogP contribution in [0.25, 0.3) is 0 Å². The highest BCUT2D eigenvalue weighted by Crippen LogP contribution is 2.37. The Morgan fingerprint density at radius 2 is 1.88 bits per heavy atom. The van der Waals surface area contributed by atoms with Gasteiger partial charge in [-0.2, -0.15) is 4.98 Å². The van der Waals surface area contributed by atoms with Crippen LogP contribution in [0.15, 0.2) is 58.9 Å². The molecule has 1 aliphatic rings. The molecule has 0 spiro atoms. The third kappa shape index (κ3) is 4.17. The van der Waals surface area contributed by atoms with Gasteiger partial charge in [0.25, 0.3) is 5.91 Å².